The zero-order valence-corrected chi connectivity index (χ0v) is 33.1. The molecule has 2 aromatic carbocycles. The van der Waals surface area contributed by atoms with Gasteiger partial charge < -0.3 is 28.4 Å². The van der Waals surface area contributed by atoms with Crippen molar-refractivity contribution in [1.29, 1.82) is 5.26 Å². The van der Waals surface area contributed by atoms with Crippen molar-refractivity contribution in [2.45, 2.75) is 79.7 Å². The first-order chi connectivity index (χ1) is 25.5. The van der Waals surface area contributed by atoms with Crippen molar-refractivity contribution in [3.05, 3.63) is 76.1 Å². The molecule has 2 N–H and O–H groups in total. The number of carbonyl (C=O) groups is 2. The number of nitriles is 1. The molecule has 0 saturated heterocycles. The fraction of sp³-hybridized carbons (Fsp3) is 0.463. The molecule has 2 aromatic rings. The topological polar surface area (TPSA) is 138 Å². The van der Waals surface area contributed by atoms with Crippen LogP contribution in [0.15, 0.2) is 57.9 Å². The molecule has 0 bridgehead atoms. The molecule has 0 fully saturated rings. The van der Waals surface area contributed by atoms with E-state index in [1.54, 1.807) is 11.9 Å². The van der Waals surface area contributed by atoms with Crippen molar-refractivity contribution in [2.24, 2.45) is 4.99 Å². The highest BCUT2D eigenvalue weighted by molar-refractivity contribution is 7.45. The molecule has 284 valence electrons. The van der Waals surface area contributed by atoms with Gasteiger partial charge in [0.1, 0.15) is 18.0 Å². The zero-order chi connectivity index (χ0) is 38.3. The number of carbonyl (C=O) groups excluding carboxylic acids is 2. The maximum absolute atomic E-state index is 14.0. The van der Waals surface area contributed by atoms with Crippen molar-refractivity contribution in [2.75, 3.05) is 46.5 Å². The average Bonchev–Trinajstić information content (AvgIpc) is 3.12. The highest BCUT2D eigenvalue weighted by Crippen LogP contribution is 2.42. The molecule has 2 aliphatic rings. The van der Waals surface area contributed by atoms with E-state index in [9.17, 15) is 9.59 Å². The Balaban J connectivity index is 1.32. The predicted octanol–water partition coefficient (Wildman–Crippen LogP) is 8.58. The van der Waals surface area contributed by atoms with Gasteiger partial charge in [0.15, 0.2) is 0 Å². The predicted molar refractivity (Wildman–Crippen MR) is 211 cm³/mol. The molecule has 0 aromatic heterocycles. The Hall–Kier alpha value is -4.33. The van der Waals surface area contributed by atoms with E-state index in [0.29, 0.717) is 44.0 Å². The van der Waals surface area contributed by atoms with Gasteiger partial charge in [0.05, 0.1) is 37.6 Å². The summed E-state index contributed by atoms with van der Waals surface area (Å²) in [5.41, 5.74) is 7.24. The lowest BCUT2D eigenvalue weighted by Crippen LogP contribution is -2.33. The lowest BCUT2D eigenvalue weighted by molar-refractivity contribution is 0.0745. The monoisotopic (exact) mass is 743 g/mol. The van der Waals surface area contributed by atoms with Crippen LogP contribution >= 0.6 is 8.53 Å². The Morgan fingerprint density at radius 1 is 0.943 bits per heavy atom. The first kappa shape index (κ1) is 41.4. The van der Waals surface area contributed by atoms with Crippen molar-refractivity contribution in [1.82, 2.24) is 15.3 Å². The maximum Gasteiger partial charge on any atom is 0.407 e. The number of hydrogen-bond acceptors (Lipinski definition) is 9. The van der Waals surface area contributed by atoms with Gasteiger partial charge in [-0.3, -0.25) is 9.79 Å². The minimum atomic E-state index is -1.21. The molecule has 53 heavy (non-hydrogen) atoms. The number of benzene rings is 3. The summed E-state index contributed by atoms with van der Waals surface area (Å²) in [4.78, 5) is 32.6. The number of amides is 2. The number of unbranched alkanes of at least 4 members (excludes halogenated alkanes) is 3. The Morgan fingerprint density at radius 3 is 2.43 bits per heavy atom. The summed E-state index contributed by atoms with van der Waals surface area (Å²) < 4.78 is 23.4. The van der Waals surface area contributed by atoms with Crippen molar-refractivity contribution >= 4 is 31.5 Å². The SMILES string of the molecule is CC/N=c1\cc2oc3cc(C)c(C)cc3c(-c3ccccc3C(=O)N(C)CCOC(=O)NCCCCCCOP(NC(C)C)OCCC#N)c-2cc1C. The van der Waals surface area contributed by atoms with E-state index >= 15 is 0 Å². The number of hydrogen-bond donors (Lipinski definition) is 2. The summed E-state index contributed by atoms with van der Waals surface area (Å²) in [6.45, 7) is 14.6. The van der Waals surface area contributed by atoms with E-state index in [-0.39, 0.29) is 25.1 Å². The van der Waals surface area contributed by atoms with E-state index in [1.807, 2.05) is 58.0 Å². The van der Waals surface area contributed by atoms with E-state index in [4.69, 9.17) is 23.5 Å². The Kier molecular flexibility index (Phi) is 16.2. The van der Waals surface area contributed by atoms with Crippen LogP contribution in [0.2, 0.25) is 0 Å². The number of nitrogens with one attached hydrogen (secondary N) is 2. The van der Waals surface area contributed by atoms with Crippen LogP contribution in [-0.4, -0.2) is 69.4 Å². The molecule has 2 amide bonds. The summed E-state index contributed by atoms with van der Waals surface area (Å²) in [6, 6.07) is 18.2. The molecule has 1 atom stereocenters. The Labute approximate surface area is 315 Å². The molecular weight excluding hydrogens is 689 g/mol. The van der Waals surface area contributed by atoms with Gasteiger partial charge in [0.25, 0.3) is 14.4 Å². The van der Waals surface area contributed by atoms with Crippen LogP contribution < -0.4 is 15.8 Å². The summed E-state index contributed by atoms with van der Waals surface area (Å²) in [5, 5.41) is 16.6. The van der Waals surface area contributed by atoms with Crippen LogP contribution in [0.1, 0.15) is 79.9 Å². The average molecular weight is 744 g/mol. The van der Waals surface area contributed by atoms with Crippen LogP contribution in [0.5, 0.6) is 0 Å². The minimum Gasteiger partial charge on any atom is -0.456 e. The molecular formula is C41H54N5O6P. The second-order valence-corrected chi connectivity index (χ2v) is 14.7. The summed E-state index contributed by atoms with van der Waals surface area (Å²) in [5.74, 6) is 0.538. The van der Waals surface area contributed by atoms with Crippen molar-refractivity contribution in [3.63, 3.8) is 0 Å². The standard InChI is InChI=1S/C41H54N5O6P/c1-8-43-36-27-38-35(25-31(36)6)39(34-24-29(4)30(5)26-37(34)52-38)32-16-11-12-17-33(32)40(47)46(7)20-23-49-41(48)44-19-13-9-10-14-21-50-53(45-28(2)3)51-22-15-18-42/h11-12,16-17,24-28,45H,8-10,13-15,19-23H2,1-7H3,(H,44,48)/b43-36+. The second kappa shape index (κ2) is 20.8. The van der Waals surface area contributed by atoms with Crippen LogP contribution in [0, 0.1) is 32.1 Å². The fourth-order valence-corrected chi connectivity index (χ4v) is 7.05. The highest BCUT2D eigenvalue weighted by atomic mass is 31.2. The first-order valence-electron chi connectivity index (χ1n) is 18.5. The normalized spacial score (nSPS) is 12.3. The molecule has 1 unspecified atom stereocenters. The van der Waals surface area contributed by atoms with E-state index in [2.05, 4.69) is 53.5 Å². The smallest absolute Gasteiger partial charge is 0.407 e. The third-order valence-electron chi connectivity index (χ3n) is 8.75. The Bertz CT molecular complexity index is 1920. The number of alkyl carbamates (subject to hydrolysis) is 1. The second-order valence-electron chi connectivity index (χ2n) is 13.4. The van der Waals surface area contributed by atoms with Gasteiger partial charge in [-0.2, -0.15) is 5.26 Å². The first-order valence-corrected chi connectivity index (χ1v) is 19.6. The van der Waals surface area contributed by atoms with Crippen LogP contribution in [-0.2, 0) is 13.8 Å². The van der Waals surface area contributed by atoms with Crippen molar-refractivity contribution < 1.29 is 27.8 Å². The molecule has 12 heteroatoms. The summed E-state index contributed by atoms with van der Waals surface area (Å²) in [7, 11) is 0.506. The number of fused-ring (bicyclic) bond motifs is 2. The van der Waals surface area contributed by atoms with E-state index < -0.39 is 14.6 Å². The molecule has 0 saturated carbocycles. The van der Waals surface area contributed by atoms with Gasteiger partial charge in [0, 0.05) is 54.3 Å². The lowest BCUT2D eigenvalue weighted by atomic mass is 9.88. The van der Waals surface area contributed by atoms with Gasteiger partial charge in [-0.15, -0.1) is 0 Å². The largest absolute Gasteiger partial charge is 0.456 e. The quantitative estimate of drug-likeness (QED) is 0.0554. The number of rotatable bonds is 19. The molecule has 4 rings (SSSR count). The molecule has 11 nitrogen and oxygen atoms in total. The van der Waals surface area contributed by atoms with Gasteiger partial charge >= 0.3 is 6.09 Å². The third kappa shape index (κ3) is 11.8. The van der Waals surface area contributed by atoms with Crippen molar-refractivity contribution in [3.8, 4) is 28.5 Å². The van der Waals surface area contributed by atoms with Crippen LogP contribution in [0.3, 0.4) is 0 Å². The highest BCUT2D eigenvalue weighted by Gasteiger charge is 2.24. The molecule has 1 aliphatic heterocycles. The Morgan fingerprint density at radius 2 is 1.68 bits per heavy atom. The number of nitrogens with zero attached hydrogens (tertiary/aromatic N) is 3. The number of aryl methyl sites for hydroxylation is 3. The van der Waals surface area contributed by atoms with Crippen LogP contribution in [0.25, 0.3) is 33.4 Å². The van der Waals surface area contributed by atoms with Gasteiger partial charge in [0.2, 0.25) is 0 Å². The van der Waals surface area contributed by atoms with E-state index in [0.717, 1.165) is 75.4 Å². The van der Waals surface area contributed by atoms with Crippen LogP contribution in [0.4, 0.5) is 4.79 Å². The summed E-state index contributed by atoms with van der Waals surface area (Å²) in [6.07, 6.45) is 3.39. The lowest BCUT2D eigenvalue weighted by Gasteiger charge is -2.22. The number of ether oxygens (including phenoxy) is 1. The van der Waals surface area contributed by atoms with E-state index in [1.165, 1.54) is 0 Å². The maximum atomic E-state index is 14.0. The molecule has 0 radical (unpaired) electrons. The van der Waals surface area contributed by atoms with Gasteiger partial charge in [-0.25, -0.2) is 9.88 Å². The fourth-order valence-electron chi connectivity index (χ4n) is 5.86. The number of likely N-dealkylation sites (N-methyl/N-ethyl adjacent to an activating group) is 1. The molecule has 1 heterocycles. The minimum absolute atomic E-state index is 0.0643. The molecule has 0 spiro atoms. The third-order valence-corrected chi connectivity index (χ3v) is 10.3. The van der Waals surface area contributed by atoms with Gasteiger partial charge in [-0.1, -0.05) is 31.0 Å². The summed E-state index contributed by atoms with van der Waals surface area (Å²) >= 11 is 0. The van der Waals surface area contributed by atoms with Gasteiger partial charge in [-0.05, 0) is 101 Å². The zero-order valence-electron chi connectivity index (χ0n) is 32.2. The molecule has 1 aliphatic carbocycles.